The van der Waals surface area contributed by atoms with Crippen molar-refractivity contribution in [2.24, 2.45) is 0 Å². The molecule has 3 nitrogen and oxygen atoms in total. The van der Waals surface area contributed by atoms with Crippen LogP contribution < -0.4 is 5.73 Å². The number of nitrogens with zero attached hydrogens (tertiary/aromatic N) is 2. The number of hydrogen-bond donors (Lipinski definition) is 1. The molecule has 0 aliphatic heterocycles. The maximum Gasteiger partial charge on any atom is 0.180 e. The van der Waals surface area contributed by atoms with Gasteiger partial charge in [0.1, 0.15) is 0 Å². The topological polar surface area (TPSA) is 42.1 Å². The predicted molar refractivity (Wildman–Crippen MR) is 100.0 cm³/mol. The molecule has 1 saturated carbocycles. The molecule has 2 N–H and O–H groups in total. The number of nitrogen functional groups attached to an aromatic ring is 1. The van der Waals surface area contributed by atoms with E-state index in [0.29, 0.717) is 5.13 Å². The van der Waals surface area contributed by atoms with E-state index in [4.69, 9.17) is 5.73 Å². The van der Waals surface area contributed by atoms with Crippen LogP contribution in [0.3, 0.4) is 0 Å². The highest BCUT2D eigenvalue weighted by molar-refractivity contribution is 7.15. The maximum absolute atomic E-state index is 5.75. The number of fused-ring (bicyclic) bond motifs is 1. The number of aromatic nitrogens is 1. The second-order valence-electron chi connectivity index (χ2n) is 5.98. The molecule has 5 heteroatoms. The van der Waals surface area contributed by atoms with E-state index in [1.165, 1.54) is 34.1 Å². The Morgan fingerprint density at radius 3 is 2.57 bits per heavy atom. The Labute approximate surface area is 146 Å². The first-order valence-corrected chi connectivity index (χ1v) is 8.51. The quantitative estimate of drug-likeness (QED) is 0.742. The third kappa shape index (κ3) is 3.83. The van der Waals surface area contributed by atoms with Crippen LogP contribution >= 0.6 is 23.7 Å². The number of nitrogens with two attached hydrogens (primary N) is 1. The van der Waals surface area contributed by atoms with Crippen LogP contribution in [0.15, 0.2) is 48.7 Å². The normalized spacial score (nSPS) is 14.1. The molecule has 3 aromatic rings. The van der Waals surface area contributed by atoms with Crippen LogP contribution in [0.2, 0.25) is 0 Å². The van der Waals surface area contributed by atoms with Gasteiger partial charge in [0, 0.05) is 30.2 Å². The zero-order chi connectivity index (χ0) is 14.9. The Balaban J connectivity index is 0.00000156. The van der Waals surface area contributed by atoms with E-state index in [2.05, 4.69) is 52.3 Å². The van der Waals surface area contributed by atoms with Gasteiger partial charge in [0.05, 0.1) is 0 Å². The molecule has 0 bridgehead atoms. The second kappa shape index (κ2) is 6.87. The predicted octanol–water partition coefficient (Wildman–Crippen LogP) is 4.46. The summed E-state index contributed by atoms with van der Waals surface area (Å²) in [7, 11) is 0. The third-order valence-electron chi connectivity index (χ3n) is 4.19. The maximum atomic E-state index is 5.75. The molecule has 120 valence electrons. The third-order valence-corrected chi connectivity index (χ3v) is 5.00. The van der Waals surface area contributed by atoms with Crippen molar-refractivity contribution in [3.05, 3.63) is 59.1 Å². The van der Waals surface area contributed by atoms with Crippen molar-refractivity contribution in [1.29, 1.82) is 0 Å². The lowest BCUT2D eigenvalue weighted by molar-refractivity contribution is 0.248. The molecule has 0 amide bonds. The summed E-state index contributed by atoms with van der Waals surface area (Å²) in [6.07, 6.45) is 4.53. The fourth-order valence-electron chi connectivity index (χ4n) is 2.92. The number of rotatable bonds is 5. The van der Waals surface area contributed by atoms with Crippen LogP contribution in [-0.2, 0) is 13.1 Å². The van der Waals surface area contributed by atoms with E-state index in [1.807, 2.05) is 6.20 Å². The average molecular weight is 346 g/mol. The van der Waals surface area contributed by atoms with Crippen LogP contribution in [0, 0.1) is 0 Å². The molecule has 1 aromatic heterocycles. The van der Waals surface area contributed by atoms with Gasteiger partial charge in [0.2, 0.25) is 0 Å². The summed E-state index contributed by atoms with van der Waals surface area (Å²) in [5.41, 5.74) is 7.13. The van der Waals surface area contributed by atoms with Crippen molar-refractivity contribution in [2.75, 3.05) is 5.73 Å². The van der Waals surface area contributed by atoms with Crippen molar-refractivity contribution >= 4 is 39.6 Å². The fourth-order valence-corrected chi connectivity index (χ4v) is 3.63. The summed E-state index contributed by atoms with van der Waals surface area (Å²) in [4.78, 5) is 7.97. The lowest BCUT2D eigenvalue weighted by Gasteiger charge is -2.21. The van der Waals surface area contributed by atoms with E-state index in [1.54, 1.807) is 11.3 Å². The van der Waals surface area contributed by atoms with Crippen LogP contribution in [-0.4, -0.2) is 15.9 Å². The smallest absolute Gasteiger partial charge is 0.180 e. The standard InChI is InChI=1S/C18H19N3S.ClH/c19-18-20-10-17(22-18)12-21(16-7-8-16)11-13-5-6-14-3-1-2-4-15(14)9-13;/h1-6,9-10,16H,7-8,11-12H2,(H2,19,20);1H. The summed E-state index contributed by atoms with van der Waals surface area (Å²) in [5.74, 6) is 0. The first-order chi connectivity index (χ1) is 10.8. The van der Waals surface area contributed by atoms with Gasteiger partial charge in [-0.05, 0) is 35.2 Å². The first-order valence-electron chi connectivity index (χ1n) is 7.70. The second-order valence-corrected chi connectivity index (χ2v) is 7.13. The van der Waals surface area contributed by atoms with Gasteiger partial charge in [-0.3, -0.25) is 4.90 Å². The van der Waals surface area contributed by atoms with E-state index in [0.717, 1.165) is 19.1 Å². The van der Waals surface area contributed by atoms with E-state index >= 15 is 0 Å². The Bertz CT molecular complexity index is 798. The lowest BCUT2D eigenvalue weighted by Crippen LogP contribution is -2.24. The first kappa shape index (κ1) is 16.2. The molecule has 4 rings (SSSR count). The van der Waals surface area contributed by atoms with E-state index < -0.39 is 0 Å². The van der Waals surface area contributed by atoms with Gasteiger partial charge in [0.25, 0.3) is 0 Å². The highest BCUT2D eigenvalue weighted by Crippen LogP contribution is 2.31. The minimum atomic E-state index is 0. The molecule has 1 aliphatic carbocycles. The van der Waals surface area contributed by atoms with Crippen LogP contribution in [0.5, 0.6) is 0 Å². The summed E-state index contributed by atoms with van der Waals surface area (Å²) >= 11 is 1.60. The molecule has 23 heavy (non-hydrogen) atoms. The number of benzene rings is 2. The van der Waals surface area contributed by atoms with Gasteiger partial charge in [-0.25, -0.2) is 4.98 Å². The highest BCUT2D eigenvalue weighted by Gasteiger charge is 2.29. The van der Waals surface area contributed by atoms with Crippen molar-refractivity contribution in [3.8, 4) is 0 Å². The molecule has 2 aromatic carbocycles. The summed E-state index contributed by atoms with van der Waals surface area (Å²) in [5, 5.41) is 3.29. The SMILES string of the molecule is Cl.Nc1ncc(CN(Cc2ccc3ccccc3c2)C2CC2)s1. The van der Waals surface area contributed by atoms with Gasteiger partial charge in [0.15, 0.2) is 5.13 Å². The molecular formula is C18H20ClN3S. The number of thiazole rings is 1. The number of halogens is 1. The molecule has 0 radical (unpaired) electrons. The Morgan fingerprint density at radius 2 is 1.87 bits per heavy atom. The molecule has 1 fully saturated rings. The van der Waals surface area contributed by atoms with Gasteiger partial charge >= 0.3 is 0 Å². The zero-order valence-electron chi connectivity index (χ0n) is 12.8. The summed E-state index contributed by atoms with van der Waals surface area (Å²) < 4.78 is 0. The van der Waals surface area contributed by atoms with Gasteiger partial charge in [-0.15, -0.1) is 23.7 Å². The van der Waals surface area contributed by atoms with Gasteiger partial charge < -0.3 is 5.73 Å². The molecule has 0 saturated heterocycles. The van der Waals surface area contributed by atoms with Gasteiger partial charge in [-0.1, -0.05) is 36.4 Å². The lowest BCUT2D eigenvalue weighted by atomic mass is 10.1. The molecule has 0 unspecified atom stereocenters. The van der Waals surface area contributed by atoms with Crippen molar-refractivity contribution in [2.45, 2.75) is 32.0 Å². The van der Waals surface area contributed by atoms with Crippen LogP contribution in [0.1, 0.15) is 23.3 Å². The van der Waals surface area contributed by atoms with Gasteiger partial charge in [-0.2, -0.15) is 0 Å². The summed E-state index contributed by atoms with van der Waals surface area (Å²) in [6, 6.07) is 16.0. The Kier molecular flexibility index (Phi) is 4.85. The Morgan fingerprint density at radius 1 is 1.09 bits per heavy atom. The number of anilines is 1. The van der Waals surface area contributed by atoms with Crippen LogP contribution in [0.25, 0.3) is 10.8 Å². The molecule has 1 heterocycles. The fraction of sp³-hybridized carbons (Fsp3) is 0.278. The van der Waals surface area contributed by atoms with E-state index in [-0.39, 0.29) is 12.4 Å². The van der Waals surface area contributed by atoms with Crippen molar-refractivity contribution in [3.63, 3.8) is 0 Å². The number of hydrogen-bond acceptors (Lipinski definition) is 4. The van der Waals surface area contributed by atoms with E-state index in [9.17, 15) is 0 Å². The minimum Gasteiger partial charge on any atom is -0.375 e. The van der Waals surface area contributed by atoms with Crippen LogP contribution in [0.4, 0.5) is 5.13 Å². The minimum absolute atomic E-state index is 0. The highest BCUT2D eigenvalue weighted by atomic mass is 35.5. The molecular weight excluding hydrogens is 326 g/mol. The average Bonchev–Trinajstić information content (AvgIpc) is 3.30. The monoisotopic (exact) mass is 345 g/mol. The zero-order valence-corrected chi connectivity index (χ0v) is 14.4. The molecule has 0 spiro atoms. The molecule has 0 atom stereocenters. The van der Waals surface area contributed by atoms with Crippen molar-refractivity contribution in [1.82, 2.24) is 9.88 Å². The van der Waals surface area contributed by atoms with Crippen molar-refractivity contribution < 1.29 is 0 Å². The summed E-state index contributed by atoms with van der Waals surface area (Å²) in [6.45, 7) is 1.94. The Hall–Kier alpha value is -1.62. The molecule has 1 aliphatic rings. The largest absolute Gasteiger partial charge is 0.375 e.